The Morgan fingerprint density at radius 3 is 2.53 bits per heavy atom. The zero-order chi connectivity index (χ0) is 13.8. The highest BCUT2D eigenvalue weighted by Gasteiger charge is 2.06. The smallest absolute Gasteiger partial charge is 0.0410 e. The Labute approximate surface area is 128 Å². The van der Waals surface area contributed by atoms with Gasteiger partial charge in [0.05, 0.1) is 0 Å². The molecule has 0 saturated heterocycles. The highest BCUT2D eigenvalue weighted by molar-refractivity contribution is 9.10. The van der Waals surface area contributed by atoms with Crippen molar-refractivity contribution in [3.05, 3.63) is 68.7 Å². The van der Waals surface area contributed by atoms with Gasteiger partial charge in [-0.2, -0.15) is 0 Å². The van der Waals surface area contributed by atoms with E-state index in [9.17, 15) is 0 Å². The summed E-state index contributed by atoms with van der Waals surface area (Å²) in [5.74, 6) is 0. The van der Waals surface area contributed by atoms with E-state index in [0.29, 0.717) is 6.04 Å². The molecule has 2 aromatic carbocycles. The summed E-state index contributed by atoms with van der Waals surface area (Å²) in [6, 6.07) is 14.8. The third kappa shape index (κ3) is 4.07. The molecule has 0 fully saturated rings. The monoisotopic (exact) mass is 337 g/mol. The average molecular weight is 339 g/mol. The summed E-state index contributed by atoms with van der Waals surface area (Å²) < 4.78 is 1.08. The normalized spacial score (nSPS) is 12.4. The Bertz CT molecular complexity index is 551. The van der Waals surface area contributed by atoms with Gasteiger partial charge in [0, 0.05) is 22.1 Å². The van der Waals surface area contributed by atoms with Crippen molar-refractivity contribution in [2.75, 3.05) is 0 Å². The van der Waals surface area contributed by atoms with Gasteiger partial charge < -0.3 is 5.32 Å². The number of nitrogens with one attached hydrogen (secondary N) is 1. The second kappa shape index (κ2) is 6.56. The molecule has 0 aromatic heterocycles. The van der Waals surface area contributed by atoms with Gasteiger partial charge in [-0.3, -0.25) is 0 Å². The van der Waals surface area contributed by atoms with Crippen LogP contribution in [-0.4, -0.2) is 0 Å². The van der Waals surface area contributed by atoms with E-state index < -0.39 is 0 Å². The molecule has 0 unspecified atom stereocenters. The highest BCUT2D eigenvalue weighted by Crippen LogP contribution is 2.22. The third-order valence-electron chi connectivity index (χ3n) is 3.18. The number of hydrogen-bond donors (Lipinski definition) is 1. The number of halogens is 2. The second-order valence-electron chi connectivity index (χ2n) is 4.75. The summed E-state index contributed by atoms with van der Waals surface area (Å²) >= 11 is 9.57. The summed E-state index contributed by atoms with van der Waals surface area (Å²) in [5.41, 5.74) is 3.75. The Hall–Kier alpha value is -0.830. The predicted octanol–water partition coefficient (Wildman–Crippen LogP) is 5.26. The summed E-state index contributed by atoms with van der Waals surface area (Å²) in [6.45, 7) is 5.06. The standard InChI is InChI=1S/C16H17BrClN/c1-11-3-5-13(6-4-11)12(2)19-10-14-9-15(18)7-8-16(14)17/h3-9,12,19H,10H2,1-2H3/t12-/m1/s1. The first-order chi connectivity index (χ1) is 9.06. The van der Waals surface area contributed by atoms with Crippen LogP contribution in [0.1, 0.15) is 29.7 Å². The molecule has 0 spiro atoms. The number of hydrogen-bond acceptors (Lipinski definition) is 1. The van der Waals surface area contributed by atoms with Gasteiger partial charge >= 0.3 is 0 Å². The first-order valence-corrected chi connectivity index (χ1v) is 7.47. The van der Waals surface area contributed by atoms with Crippen molar-refractivity contribution >= 4 is 27.5 Å². The fourth-order valence-electron chi connectivity index (χ4n) is 1.91. The van der Waals surface area contributed by atoms with Crippen LogP contribution >= 0.6 is 27.5 Å². The predicted molar refractivity (Wildman–Crippen MR) is 85.6 cm³/mol. The SMILES string of the molecule is Cc1ccc([C@@H](C)NCc2cc(Cl)ccc2Br)cc1. The maximum absolute atomic E-state index is 6.02. The van der Waals surface area contributed by atoms with Gasteiger partial charge in [0.15, 0.2) is 0 Å². The summed E-state index contributed by atoms with van der Waals surface area (Å²) in [4.78, 5) is 0. The zero-order valence-electron chi connectivity index (χ0n) is 11.1. The molecule has 0 aliphatic heterocycles. The average Bonchev–Trinajstić information content (AvgIpc) is 2.40. The van der Waals surface area contributed by atoms with Crippen molar-refractivity contribution in [2.45, 2.75) is 26.4 Å². The first-order valence-electron chi connectivity index (χ1n) is 6.30. The van der Waals surface area contributed by atoms with Gasteiger partial charge in [0.1, 0.15) is 0 Å². The number of aryl methyl sites for hydroxylation is 1. The van der Waals surface area contributed by atoms with Crippen LogP contribution < -0.4 is 5.32 Å². The van der Waals surface area contributed by atoms with Crippen LogP contribution in [0.25, 0.3) is 0 Å². The molecule has 0 saturated carbocycles. The number of benzene rings is 2. The van der Waals surface area contributed by atoms with E-state index in [1.165, 1.54) is 16.7 Å². The molecule has 1 atom stereocenters. The maximum Gasteiger partial charge on any atom is 0.0410 e. The van der Waals surface area contributed by atoms with Crippen LogP contribution in [0.4, 0.5) is 0 Å². The van der Waals surface area contributed by atoms with Gasteiger partial charge in [-0.15, -0.1) is 0 Å². The van der Waals surface area contributed by atoms with Crippen molar-refractivity contribution in [3.63, 3.8) is 0 Å². The van der Waals surface area contributed by atoms with Crippen molar-refractivity contribution in [3.8, 4) is 0 Å². The van der Waals surface area contributed by atoms with Gasteiger partial charge in [0.2, 0.25) is 0 Å². The molecule has 1 N–H and O–H groups in total. The quantitative estimate of drug-likeness (QED) is 0.801. The molecule has 0 bridgehead atoms. The molecule has 0 radical (unpaired) electrons. The van der Waals surface area contributed by atoms with E-state index in [4.69, 9.17) is 11.6 Å². The lowest BCUT2D eigenvalue weighted by molar-refractivity contribution is 0.573. The molecular weight excluding hydrogens is 322 g/mol. The minimum Gasteiger partial charge on any atom is -0.306 e. The molecule has 0 heterocycles. The van der Waals surface area contributed by atoms with Crippen molar-refractivity contribution < 1.29 is 0 Å². The second-order valence-corrected chi connectivity index (χ2v) is 6.04. The maximum atomic E-state index is 6.02. The van der Waals surface area contributed by atoms with Crippen LogP contribution in [0, 0.1) is 6.92 Å². The first kappa shape index (κ1) is 14.6. The molecule has 1 nitrogen and oxygen atoms in total. The minimum atomic E-state index is 0.312. The van der Waals surface area contributed by atoms with Crippen molar-refractivity contribution in [1.29, 1.82) is 0 Å². The Morgan fingerprint density at radius 1 is 1.16 bits per heavy atom. The van der Waals surface area contributed by atoms with E-state index in [-0.39, 0.29) is 0 Å². The van der Waals surface area contributed by atoms with Crippen LogP contribution in [0.15, 0.2) is 46.9 Å². The van der Waals surface area contributed by atoms with E-state index in [2.05, 4.69) is 59.4 Å². The largest absolute Gasteiger partial charge is 0.306 e. The molecule has 0 aliphatic rings. The zero-order valence-corrected chi connectivity index (χ0v) is 13.4. The molecule has 0 aliphatic carbocycles. The number of rotatable bonds is 4. The van der Waals surface area contributed by atoms with E-state index in [1.807, 2.05) is 18.2 Å². The van der Waals surface area contributed by atoms with Crippen LogP contribution in [-0.2, 0) is 6.54 Å². The Morgan fingerprint density at radius 2 is 1.84 bits per heavy atom. The fraction of sp³-hybridized carbons (Fsp3) is 0.250. The molecule has 19 heavy (non-hydrogen) atoms. The molecule has 2 rings (SSSR count). The molecular formula is C16H17BrClN. The van der Waals surface area contributed by atoms with E-state index >= 15 is 0 Å². The Kier molecular flexibility index (Phi) is 5.03. The van der Waals surface area contributed by atoms with Gasteiger partial charge in [-0.1, -0.05) is 57.4 Å². The highest BCUT2D eigenvalue weighted by atomic mass is 79.9. The van der Waals surface area contributed by atoms with E-state index in [1.54, 1.807) is 0 Å². The van der Waals surface area contributed by atoms with Crippen LogP contribution in [0.5, 0.6) is 0 Å². The fourth-order valence-corrected chi connectivity index (χ4v) is 2.50. The molecule has 3 heteroatoms. The molecule has 2 aromatic rings. The summed E-state index contributed by atoms with van der Waals surface area (Å²) in [5, 5.41) is 4.28. The van der Waals surface area contributed by atoms with Crippen LogP contribution in [0.3, 0.4) is 0 Å². The topological polar surface area (TPSA) is 12.0 Å². The van der Waals surface area contributed by atoms with Gasteiger partial charge in [-0.25, -0.2) is 0 Å². The van der Waals surface area contributed by atoms with Gasteiger partial charge in [-0.05, 0) is 43.2 Å². The minimum absolute atomic E-state index is 0.312. The summed E-state index contributed by atoms with van der Waals surface area (Å²) in [7, 11) is 0. The lowest BCUT2D eigenvalue weighted by Crippen LogP contribution is -2.18. The van der Waals surface area contributed by atoms with Gasteiger partial charge in [0.25, 0.3) is 0 Å². The lowest BCUT2D eigenvalue weighted by Gasteiger charge is -2.15. The van der Waals surface area contributed by atoms with Crippen LogP contribution in [0.2, 0.25) is 5.02 Å². The Balaban J connectivity index is 2.02. The third-order valence-corrected chi connectivity index (χ3v) is 4.19. The summed E-state index contributed by atoms with van der Waals surface area (Å²) in [6.07, 6.45) is 0. The van der Waals surface area contributed by atoms with E-state index in [0.717, 1.165) is 16.0 Å². The van der Waals surface area contributed by atoms with Crippen molar-refractivity contribution in [2.24, 2.45) is 0 Å². The lowest BCUT2D eigenvalue weighted by atomic mass is 10.1. The molecule has 0 amide bonds. The molecule has 100 valence electrons. The van der Waals surface area contributed by atoms with Crippen molar-refractivity contribution in [1.82, 2.24) is 5.32 Å².